The molecule has 3 aromatic rings. The SMILES string of the molecule is CC(C)(C)c1ncc(-c2nc3nc4c(nc3[nH]2)C(C)(C)CC4(C)C)cn1. The Morgan fingerprint density at radius 3 is 2.04 bits per heavy atom. The minimum absolute atomic E-state index is 0.0105. The molecule has 0 saturated heterocycles. The Labute approximate surface area is 153 Å². The number of nitrogens with one attached hydrogen (secondary N) is 1. The van der Waals surface area contributed by atoms with E-state index in [1.807, 2.05) is 12.4 Å². The first-order valence-corrected chi connectivity index (χ1v) is 9.09. The van der Waals surface area contributed by atoms with Gasteiger partial charge in [0.2, 0.25) is 0 Å². The third-order valence-electron chi connectivity index (χ3n) is 5.09. The van der Waals surface area contributed by atoms with Gasteiger partial charge in [0.1, 0.15) is 11.6 Å². The second-order valence-electron chi connectivity index (χ2n) is 9.67. The largest absolute Gasteiger partial charge is 0.321 e. The average molecular weight is 350 g/mol. The van der Waals surface area contributed by atoms with Crippen molar-refractivity contribution in [3.05, 3.63) is 29.6 Å². The maximum absolute atomic E-state index is 4.89. The number of aromatic amines is 1. The van der Waals surface area contributed by atoms with Crippen LogP contribution in [0.15, 0.2) is 12.4 Å². The maximum Gasteiger partial charge on any atom is 0.198 e. The van der Waals surface area contributed by atoms with Crippen molar-refractivity contribution in [2.75, 3.05) is 0 Å². The van der Waals surface area contributed by atoms with E-state index in [0.29, 0.717) is 11.5 Å². The van der Waals surface area contributed by atoms with Crippen LogP contribution in [-0.4, -0.2) is 29.9 Å². The molecule has 1 N–H and O–H groups in total. The second kappa shape index (κ2) is 5.09. The zero-order valence-corrected chi connectivity index (χ0v) is 16.6. The van der Waals surface area contributed by atoms with Crippen molar-refractivity contribution in [2.45, 2.75) is 71.1 Å². The molecule has 136 valence electrons. The van der Waals surface area contributed by atoms with Crippen molar-refractivity contribution < 1.29 is 0 Å². The molecule has 0 spiro atoms. The molecule has 6 heteroatoms. The first-order chi connectivity index (χ1) is 12.0. The number of aromatic nitrogens is 6. The summed E-state index contributed by atoms with van der Waals surface area (Å²) >= 11 is 0. The van der Waals surface area contributed by atoms with Gasteiger partial charge in [0.15, 0.2) is 11.3 Å². The molecule has 26 heavy (non-hydrogen) atoms. The van der Waals surface area contributed by atoms with Crippen LogP contribution in [0.2, 0.25) is 0 Å². The summed E-state index contributed by atoms with van der Waals surface area (Å²) in [6.07, 6.45) is 4.66. The van der Waals surface area contributed by atoms with Crippen LogP contribution < -0.4 is 0 Å². The molecule has 0 amide bonds. The number of fused-ring (bicyclic) bond motifs is 2. The topological polar surface area (TPSA) is 80.2 Å². The van der Waals surface area contributed by atoms with Gasteiger partial charge in [-0.05, 0) is 6.42 Å². The van der Waals surface area contributed by atoms with Gasteiger partial charge in [-0.25, -0.2) is 24.9 Å². The lowest BCUT2D eigenvalue weighted by Crippen LogP contribution is -2.18. The fourth-order valence-corrected chi connectivity index (χ4v) is 4.02. The molecule has 0 unspecified atom stereocenters. The minimum atomic E-state index is -0.0759. The fraction of sp³-hybridized carbons (Fsp3) is 0.550. The smallest absolute Gasteiger partial charge is 0.198 e. The summed E-state index contributed by atoms with van der Waals surface area (Å²) in [7, 11) is 0. The first kappa shape index (κ1) is 17.1. The quantitative estimate of drug-likeness (QED) is 0.715. The zero-order chi connectivity index (χ0) is 18.9. The van der Waals surface area contributed by atoms with E-state index in [1.54, 1.807) is 0 Å². The minimum Gasteiger partial charge on any atom is -0.321 e. The van der Waals surface area contributed by atoms with Gasteiger partial charge >= 0.3 is 0 Å². The van der Waals surface area contributed by atoms with Crippen LogP contribution in [0.1, 0.15) is 72.1 Å². The van der Waals surface area contributed by atoms with E-state index >= 15 is 0 Å². The molecular formula is C20H26N6. The van der Waals surface area contributed by atoms with Crippen LogP contribution in [-0.2, 0) is 16.2 Å². The molecule has 0 atom stereocenters. The van der Waals surface area contributed by atoms with Crippen molar-refractivity contribution in [1.29, 1.82) is 0 Å². The molecule has 0 fully saturated rings. The van der Waals surface area contributed by atoms with Crippen molar-refractivity contribution in [2.24, 2.45) is 0 Å². The van der Waals surface area contributed by atoms with Gasteiger partial charge < -0.3 is 4.98 Å². The predicted molar refractivity (Wildman–Crippen MR) is 102 cm³/mol. The van der Waals surface area contributed by atoms with Crippen LogP contribution in [0.5, 0.6) is 0 Å². The lowest BCUT2D eigenvalue weighted by molar-refractivity contribution is 0.396. The summed E-state index contributed by atoms with van der Waals surface area (Å²) in [4.78, 5) is 26.7. The van der Waals surface area contributed by atoms with E-state index < -0.39 is 0 Å². The lowest BCUT2D eigenvalue weighted by Gasteiger charge is -2.21. The standard InChI is InChI=1S/C20H26N6/c1-18(2,3)17-21-8-11(9-22-17)14-25-15-16(26-14)24-13-12(23-15)19(4,5)10-20(13,6)7/h8-9H,10H2,1-7H3,(H,23,24,25,26). The van der Waals surface area contributed by atoms with Gasteiger partial charge in [-0.1, -0.05) is 48.5 Å². The van der Waals surface area contributed by atoms with Crippen LogP contribution >= 0.6 is 0 Å². The van der Waals surface area contributed by atoms with Gasteiger partial charge in [0.25, 0.3) is 0 Å². The van der Waals surface area contributed by atoms with E-state index in [0.717, 1.165) is 34.8 Å². The van der Waals surface area contributed by atoms with Crippen molar-refractivity contribution >= 4 is 11.3 Å². The Balaban J connectivity index is 1.80. The highest BCUT2D eigenvalue weighted by Crippen LogP contribution is 2.47. The lowest BCUT2D eigenvalue weighted by atomic mass is 9.83. The average Bonchev–Trinajstić information content (AvgIpc) is 3.01. The Hall–Kier alpha value is -2.37. The Morgan fingerprint density at radius 1 is 0.885 bits per heavy atom. The monoisotopic (exact) mass is 350 g/mol. The van der Waals surface area contributed by atoms with Gasteiger partial charge in [0.05, 0.1) is 17.0 Å². The predicted octanol–water partition coefficient (Wildman–Crippen LogP) is 4.07. The molecule has 3 heterocycles. The highest BCUT2D eigenvalue weighted by Gasteiger charge is 2.45. The molecule has 1 aliphatic rings. The molecule has 4 rings (SSSR count). The summed E-state index contributed by atoms with van der Waals surface area (Å²) in [5, 5.41) is 0. The Morgan fingerprint density at radius 2 is 1.46 bits per heavy atom. The van der Waals surface area contributed by atoms with E-state index in [2.05, 4.69) is 68.4 Å². The van der Waals surface area contributed by atoms with Crippen LogP contribution in [0.4, 0.5) is 0 Å². The molecule has 0 bridgehead atoms. The zero-order valence-electron chi connectivity index (χ0n) is 16.6. The van der Waals surface area contributed by atoms with Gasteiger partial charge in [-0.2, -0.15) is 0 Å². The molecule has 6 nitrogen and oxygen atoms in total. The number of imidazole rings is 1. The van der Waals surface area contributed by atoms with E-state index in [4.69, 9.17) is 9.97 Å². The van der Waals surface area contributed by atoms with Gasteiger partial charge in [0, 0.05) is 28.6 Å². The van der Waals surface area contributed by atoms with Crippen molar-refractivity contribution in [3.8, 4) is 11.4 Å². The first-order valence-electron chi connectivity index (χ1n) is 9.09. The molecule has 0 saturated carbocycles. The second-order valence-corrected chi connectivity index (χ2v) is 9.67. The number of hydrogen-bond acceptors (Lipinski definition) is 5. The third kappa shape index (κ3) is 2.59. The summed E-state index contributed by atoms with van der Waals surface area (Å²) < 4.78 is 0. The summed E-state index contributed by atoms with van der Waals surface area (Å²) in [5.41, 5.74) is 4.31. The molecule has 0 aromatic carbocycles. The Kier molecular flexibility index (Phi) is 3.34. The van der Waals surface area contributed by atoms with E-state index in [-0.39, 0.29) is 16.2 Å². The molecule has 0 radical (unpaired) electrons. The number of H-pyrrole nitrogens is 1. The van der Waals surface area contributed by atoms with Crippen LogP contribution in [0, 0.1) is 0 Å². The normalized spacial score (nSPS) is 18.3. The highest BCUT2D eigenvalue weighted by atomic mass is 15.1. The molecular weight excluding hydrogens is 324 g/mol. The Bertz CT molecular complexity index is 939. The third-order valence-corrected chi connectivity index (χ3v) is 5.09. The maximum atomic E-state index is 4.89. The summed E-state index contributed by atoms with van der Waals surface area (Å²) in [5.74, 6) is 1.52. The molecule has 1 aliphatic carbocycles. The van der Waals surface area contributed by atoms with E-state index in [9.17, 15) is 0 Å². The highest BCUT2D eigenvalue weighted by molar-refractivity contribution is 5.73. The summed E-state index contributed by atoms with van der Waals surface area (Å²) in [6.45, 7) is 15.2. The van der Waals surface area contributed by atoms with Crippen LogP contribution in [0.25, 0.3) is 22.7 Å². The number of hydrogen-bond donors (Lipinski definition) is 1. The summed E-state index contributed by atoms with van der Waals surface area (Å²) in [6, 6.07) is 0. The number of rotatable bonds is 1. The van der Waals surface area contributed by atoms with E-state index in [1.165, 1.54) is 0 Å². The molecule has 0 aliphatic heterocycles. The van der Waals surface area contributed by atoms with Crippen molar-refractivity contribution in [3.63, 3.8) is 0 Å². The fourth-order valence-electron chi connectivity index (χ4n) is 4.02. The van der Waals surface area contributed by atoms with Crippen molar-refractivity contribution in [1.82, 2.24) is 29.9 Å². The van der Waals surface area contributed by atoms with Crippen LogP contribution in [0.3, 0.4) is 0 Å². The van der Waals surface area contributed by atoms with Gasteiger partial charge in [-0.3, -0.25) is 0 Å². The number of nitrogens with zero attached hydrogens (tertiary/aromatic N) is 5. The van der Waals surface area contributed by atoms with Gasteiger partial charge in [-0.15, -0.1) is 0 Å². The molecule has 3 aromatic heterocycles.